The highest BCUT2D eigenvalue weighted by molar-refractivity contribution is 7.13. The minimum absolute atomic E-state index is 0.118. The molecular formula is C21H18N2OS. The Kier molecular flexibility index (Phi) is 4.97. The van der Waals surface area contributed by atoms with Crippen LogP contribution in [0.2, 0.25) is 0 Å². The van der Waals surface area contributed by atoms with Crippen LogP contribution in [0.5, 0.6) is 0 Å². The van der Waals surface area contributed by atoms with Gasteiger partial charge in [0.25, 0.3) is 5.91 Å². The summed E-state index contributed by atoms with van der Waals surface area (Å²) in [4.78, 5) is 19.2. The summed E-state index contributed by atoms with van der Waals surface area (Å²) in [7, 11) is 0. The Bertz CT molecular complexity index is 952. The molecule has 1 amide bonds. The van der Waals surface area contributed by atoms with Crippen molar-refractivity contribution >= 4 is 22.9 Å². The summed E-state index contributed by atoms with van der Waals surface area (Å²) in [6, 6.07) is 15.5. The maximum atomic E-state index is 12.9. The van der Waals surface area contributed by atoms with Crippen LogP contribution in [0.15, 0.2) is 53.9 Å². The van der Waals surface area contributed by atoms with E-state index >= 15 is 0 Å². The molecule has 0 saturated heterocycles. The predicted molar refractivity (Wildman–Crippen MR) is 104 cm³/mol. The number of aryl methyl sites for hydroxylation is 1. The molecule has 2 aromatic carbocycles. The number of aromatic nitrogens is 1. The summed E-state index contributed by atoms with van der Waals surface area (Å²) in [5.41, 5.74) is 4.20. The van der Waals surface area contributed by atoms with Crippen LogP contribution in [0.25, 0.3) is 10.6 Å². The van der Waals surface area contributed by atoms with E-state index in [-0.39, 0.29) is 5.91 Å². The van der Waals surface area contributed by atoms with Crippen LogP contribution in [0.3, 0.4) is 0 Å². The summed E-state index contributed by atoms with van der Waals surface area (Å²) in [5, 5.41) is 2.67. The van der Waals surface area contributed by atoms with Crippen LogP contribution >= 0.6 is 11.3 Å². The highest BCUT2D eigenvalue weighted by Crippen LogP contribution is 2.28. The molecular weight excluding hydrogens is 328 g/mol. The van der Waals surface area contributed by atoms with Gasteiger partial charge in [0, 0.05) is 28.7 Å². The first-order chi connectivity index (χ1) is 12.1. The quantitative estimate of drug-likeness (QED) is 0.638. The number of amides is 1. The van der Waals surface area contributed by atoms with Crippen molar-refractivity contribution in [2.24, 2.45) is 0 Å². The zero-order valence-corrected chi connectivity index (χ0v) is 15.0. The lowest BCUT2D eigenvalue weighted by Gasteiger charge is -2.20. The first-order valence-corrected chi connectivity index (χ1v) is 8.92. The van der Waals surface area contributed by atoms with Crippen LogP contribution < -0.4 is 4.90 Å². The van der Waals surface area contributed by atoms with E-state index in [9.17, 15) is 4.79 Å². The van der Waals surface area contributed by atoms with E-state index in [1.807, 2.05) is 67.8 Å². The lowest BCUT2D eigenvalue weighted by molar-refractivity contribution is 0.0984. The molecule has 25 heavy (non-hydrogen) atoms. The first-order valence-electron chi connectivity index (χ1n) is 8.04. The Morgan fingerprint density at radius 3 is 2.76 bits per heavy atom. The van der Waals surface area contributed by atoms with E-state index in [0.29, 0.717) is 12.2 Å². The van der Waals surface area contributed by atoms with Crippen molar-refractivity contribution in [3.05, 3.63) is 70.7 Å². The van der Waals surface area contributed by atoms with Gasteiger partial charge in [0.2, 0.25) is 0 Å². The number of rotatable bonds is 4. The molecule has 124 valence electrons. The molecule has 4 heteroatoms. The van der Waals surface area contributed by atoms with E-state index in [0.717, 1.165) is 27.4 Å². The molecule has 0 fully saturated rings. The van der Waals surface area contributed by atoms with Crippen LogP contribution in [-0.4, -0.2) is 17.4 Å². The van der Waals surface area contributed by atoms with Crippen molar-refractivity contribution in [3.8, 4) is 22.9 Å². The topological polar surface area (TPSA) is 33.2 Å². The molecule has 0 aliphatic carbocycles. The third-order valence-electron chi connectivity index (χ3n) is 3.98. The molecule has 0 atom stereocenters. The smallest absolute Gasteiger partial charge is 0.277 e. The fourth-order valence-corrected chi connectivity index (χ4v) is 3.54. The average molecular weight is 346 g/mol. The summed E-state index contributed by atoms with van der Waals surface area (Å²) >= 11 is 1.48. The van der Waals surface area contributed by atoms with Crippen molar-refractivity contribution in [2.45, 2.75) is 13.8 Å². The standard InChI is InChI=1S/C21H18N2OS/c1-4-16-10-8-11-17(13-16)23(5-2)21(24)19-14-25-20(22-19)18-12-7-6-9-15(18)3/h1,6-14H,5H2,2-3H3. The van der Waals surface area contributed by atoms with Crippen LogP contribution in [0.4, 0.5) is 5.69 Å². The Hall–Kier alpha value is -2.90. The van der Waals surface area contributed by atoms with Gasteiger partial charge in [-0.1, -0.05) is 36.3 Å². The molecule has 0 unspecified atom stereocenters. The highest BCUT2D eigenvalue weighted by atomic mass is 32.1. The molecule has 0 radical (unpaired) electrons. The second kappa shape index (κ2) is 7.33. The van der Waals surface area contributed by atoms with Gasteiger partial charge in [0.15, 0.2) is 0 Å². The average Bonchev–Trinajstić information content (AvgIpc) is 3.13. The minimum Gasteiger partial charge on any atom is -0.307 e. The molecule has 0 aliphatic heterocycles. The van der Waals surface area contributed by atoms with Crippen LogP contribution in [0.1, 0.15) is 28.5 Å². The van der Waals surface area contributed by atoms with Crippen molar-refractivity contribution in [2.75, 3.05) is 11.4 Å². The fraction of sp³-hybridized carbons (Fsp3) is 0.143. The van der Waals surface area contributed by atoms with E-state index in [2.05, 4.69) is 10.9 Å². The van der Waals surface area contributed by atoms with Crippen molar-refractivity contribution in [3.63, 3.8) is 0 Å². The summed E-state index contributed by atoms with van der Waals surface area (Å²) in [5.74, 6) is 2.49. The van der Waals surface area contributed by atoms with Gasteiger partial charge in [-0.2, -0.15) is 0 Å². The number of carbonyl (C=O) groups excluding carboxylic acids is 1. The van der Waals surface area contributed by atoms with Gasteiger partial charge in [-0.25, -0.2) is 4.98 Å². The van der Waals surface area contributed by atoms with Crippen LogP contribution in [-0.2, 0) is 0 Å². The molecule has 0 saturated carbocycles. The Balaban J connectivity index is 1.92. The van der Waals surface area contributed by atoms with Gasteiger partial charge in [-0.3, -0.25) is 4.79 Å². The molecule has 1 heterocycles. The zero-order chi connectivity index (χ0) is 17.8. The first kappa shape index (κ1) is 16.9. The third-order valence-corrected chi connectivity index (χ3v) is 4.86. The van der Waals surface area contributed by atoms with Crippen LogP contribution in [0, 0.1) is 19.3 Å². The molecule has 3 aromatic rings. The van der Waals surface area contributed by atoms with Gasteiger partial charge in [-0.15, -0.1) is 17.8 Å². The SMILES string of the molecule is C#Cc1cccc(N(CC)C(=O)c2csc(-c3ccccc3C)n2)c1. The normalized spacial score (nSPS) is 10.3. The van der Waals surface area contributed by atoms with E-state index in [4.69, 9.17) is 6.42 Å². The lowest BCUT2D eigenvalue weighted by atomic mass is 10.1. The molecule has 1 aromatic heterocycles. The second-order valence-electron chi connectivity index (χ2n) is 5.60. The number of hydrogen-bond acceptors (Lipinski definition) is 3. The van der Waals surface area contributed by atoms with Crippen molar-refractivity contribution in [1.82, 2.24) is 4.98 Å². The van der Waals surface area contributed by atoms with Gasteiger partial charge in [0.1, 0.15) is 10.7 Å². The minimum atomic E-state index is -0.118. The molecule has 3 rings (SSSR count). The maximum Gasteiger partial charge on any atom is 0.277 e. The molecule has 0 aliphatic rings. The highest BCUT2D eigenvalue weighted by Gasteiger charge is 2.20. The van der Waals surface area contributed by atoms with E-state index < -0.39 is 0 Å². The monoisotopic (exact) mass is 346 g/mol. The number of nitrogens with zero attached hydrogens (tertiary/aromatic N) is 2. The third kappa shape index (κ3) is 3.47. The lowest BCUT2D eigenvalue weighted by Crippen LogP contribution is -2.30. The Labute approximate surface area is 152 Å². The molecule has 0 spiro atoms. The number of terminal acetylenes is 1. The predicted octanol–water partition coefficient (Wildman–Crippen LogP) is 4.77. The van der Waals surface area contributed by atoms with Gasteiger partial charge < -0.3 is 4.90 Å². The van der Waals surface area contributed by atoms with E-state index in [1.165, 1.54) is 11.3 Å². The molecule has 0 bridgehead atoms. The number of carbonyl (C=O) groups is 1. The van der Waals surface area contributed by atoms with E-state index in [1.54, 1.807) is 4.90 Å². The second-order valence-corrected chi connectivity index (χ2v) is 6.46. The number of benzene rings is 2. The summed E-state index contributed by atoms with van der Waals surface area (Å²) in [6.07, 6.45) is 5.47. The Morgan fingerprint density at radius 1 is 1.24 bits per heavy atom. The molecule has 0 N–H and O–H groups in total. The summed E-state index contributed by atoms with van der Waals surface area (Å²) < 4.78 is 0. The maximum absolute atomic E-state index is 12.9. The van der Waals surface area contributed by atoms with Crippen molar-refractivity contribution in [1.29, 1.82) is 0 Å². The van der Waals surface area contributed by atoms with Gasteiger partial charge in [0.05, 0.1) is 0 Å². The number of anilines is 1. The fourth-order valence-electron chi connectivity index (χ4n) is 2.65. The largest absolute Gasteiger partial charge is 0.307 e. The molecule has 3 nitrogen and oxygen atoms in total. The summed E-state index contributed by atoms with van der Waals surface area (Å²) in [6.45, 7) is 4.53. The van der Waals surface area contributed by atoms with Crippen molar-refractivity contribution < 1.29 is 4.79 Å². The number of thiazole rings is 1. The van der Waals surface area contributed by atoms with Gasteiger partial charge >= 0.3 is 0 Å². The Morgan fingerprint density at radius 2 is 2.04 bits per heavy atom. The zero-order valence-electron chi connectivity index (χ0n) is 14.2. The number of hydrogen-bond donors (Lipinski definition) is 0. The van der Waals surface area contributed by atoms with Gasteiger partial charge in [-0.05, 0) is 37.6 Å².